The van der Waals surface area contributed by atoms with Crippen molar-refractivity contribution < 1.29 is 23.8 Å². The number of carbonyl (C=O) groups is 2. The van der Waals surface area contributed by atoms with Crippen LogP contribution in [0.2, 0.25) is 0 Å². The molecule has 0 radical (unpaired) electrons. The molecule has 0 spiro atoms. The number of carbonyl (C=O) groups excluding carboxylic acids is 2. The molecule has 1 amide bonds. The van der Waals surface area contributed by atoms with Crippen molar-refractivity contribution in [3.05, 3.63) is 52.0 Å². The predicted molar refractivity (Wildman–Crippen MR) is 127 cm³/mol. The van der Waals surface area contributed by atoms with Crippen molar-refractivity contribution in [2.45, 2.75) is 25.4 Å². The van der Waals surface area contributed by atoms with Crippen LogP contribution in [-0.4, -0.2) is 64.3 Å². The van der Waals surface area contributed by atoms with Crippen molar-refractivity contribution in [2.75, 3.05) is 46.3 Å². The molecule has 1 aliphatic heterocycles. The number of benzene rings is 2. The van der Waals surface area contributed by atoms with Gasteiger partial charge in [0.2, 0.25) is 0 Å². The van der Waals surface area contributed by atoms with Crippen LogP contribution in [0.3, 0.4) is 0 Å². The topological polar surface area (TPSA) is 68.3 Å². The zero-order valence-corrected chi connectivity index (χ0v) is 20.6. The van der Waals surface area contributed by atoms with E-state index in [4.69, 9.17) is 14.2 Å². The zero-order valence-electron chi connectivity index (χ0n) is 19.1. The van der Waals surface area contributed by atoms with E-state index in [1.165, 1.54) is 6.92 Å². The number of fused-ring (bicyclic) bond motifs is 1. The van der Waals surface area contributed by atoms with Gasteiger partial charge in [-0.2, -0.15) is 0 Å². The molecule has 7 nitrogen and oxygen atoms in total. The number of esters is 1. The van der Waals surface area contributed by atoms with Gasteiger partial charge in [0.05, 0.1) is 24.4 Å². The summed E-state index contributed by atoms with van der Waals surface area (Å²) in [6.45, 7) is 2.44. The molecule has 172 valence electrons. The Labute approximate surface area is 197 Å². The average Bonchev–Trinajstić information content (AvgIpc) is 2.87. The largest absolute Gasteiger partial charge is 0.497 e. The van der Waals surface area contributed by atoms with Gasteiger partial charge in [-0.15, -0.1) is 0 Å². The molecule has 1 heterocycles. The van der Waals surface area contributed by atoms with E-state index in [1.54, 1.807) is 19.1 Å². The van der Waals surface area contributed by atoms with Crippen molar-refractivity contribution in [3.63, 3.8) is 0 Å². The second-order valence-corrected chi connectivity index (χ2v) is 8.84. The molecule has 0 saturated carbocycles. The summed E-state index contributed by atoms with van der Waals surface area (Å²) < 4.78 is 17.5. The van der Waals surface area contributed by atoms with Gasteiger partial charge in [0.1, 0.15) is 11.5 Å². The number of ether oxygens (including phenoxy) is 3. The standard InChI is InChI=1S/C24H29BrN2O5/c1-15(28)32-23-18(16-6-8-17(30-4)9-7-16)14-19-21(11-10-20(25)22(19)31-5)27(24(23)29)13-12-26(2)3/h6-11,18,23H,12-14H2,1-5H3/t18-,23+/m0/s1. The highest BCUT2D eigenvalue weighted by Crippen LogP contribution is 2.43. The Bertz CT molecular complexity index is 977. The lowest BCUT2D eigenvalue weighted by molar-refractivity contribution is -0.154. The lowest BCUT2D eigenvalue weighted by Gasteiger charge is -2.29. The van der Waals surface area contributed by atoms with Crippen LogP contribution < -0.4 is 14.4 Å². The fraction of sp³-hybridized carbons (Fsp3) is 0.417. The first-order chi connectivity index (χ1) is 15.3. The number of anilines is 1. The van der Waals surface area contributed by atoms with Gasteiger partial charge in [-0.25, -0.2) is 0 Å². The first-order valence-electron chi connectivity index (χ1n) is 10.4. The molecule has 8 heteroatoms. The van der Waals surface area contributed by atoms with Gasteiger partial charge < -0.3 is 24.0 Å². The van der Waals surface area contributed by atoms with E-state index in [0.717, 1.165) is 21.3 Å². The lowest BCUT2D eigenvalue weighted by atomic mass is 9.87. The second-order valence-electron chi connectivity index (χ2n) is 7.99. The average molecular weight is 505 g/mol. The third-order valence-corrected chi connectivity index (χ3v) is 6.21. The number of amides is 1. The van der Waals surface area contributed by atoms with Gasteiger partial charge in [-0.1, -0.05) is 12.1 Å². The zero-order chi connectivity index (χ0) is 23.4. The van der Waals surface area contributed by atoms with Crippen LogP contribution in [0.5, 0.6) is 11.5 Å². The minimum absolute atomic E-state index is 0.244. The summed E-state index contributed by atoms with van der Waals surface area (Å²) in [6.07, 6.45) is -0.495. The molecule has 0 N–H and O–H groups in total. The predicted octanol–water partition coefficient (Wildman–Crippen LogP) is 3.63. The number of hydrogen-bond acceptors (Lipinski definition) is 6. The van der Waals surface area contributed by atoms with Gasteiger partial charge in [-0.05, 0) is 66.3 Å². The molecule has 3 rings (SSSR count). The molecule has 0 fully saturated rings. The van der Waals surface area contributed by atoms with E-state index in [-0.39, 0.29) is 11.8 Å². The lowest BCUT2D eigenvalue weighted by Crippen LogP contribution is -2.45. The Morgan fingerprint density at radius 3 is 2.38 bits per heavy atom. The molecule has 0 aliphatic carbocycles. The number of halogens is 1. The Hall–Kier alpha value is -2.58. The van der Waals surface area contributed by atoms with Gasteiger partial charge >= 0.3 is 5.97 Å². The Kier molecular flexibility index (Phi) is 7.79. The summed E-state index contributed by atoms with van der Waals surface area (Å²) in [5.41, 5.74) is 2.54. The number of likely N-dealkylation sites (N-methyl/N-ethyl adjacent to an activating group) is 1. The molecule has 0 saturated heterocycles. The van der Waals surface area contributed by atoms with Crippen LogP contribution in [0, 0.1) is 0 Å². The fourth-order valence-corrected chi connectivity index (χ4v) is 4.55. The summed E-state index contributed by atoms with van der Waals surface area (Å²) in [7, 11) is 7.13. The summed E-state index contributed by atoms with van der Waals surface area (Å²) in [6, 6.07) is 11.3. The van der Waals surface area contributed by atoms with E-state index >= 15 is 0 Å². The highest BCUT2D eigenvalue weighted by molar-refractivity contribution is 9.10. The van der Waals surface area contributed by atoms with Crippen LogP contribution in [0.1, 0.15) is 24.0 Å². The molecule has 0 unspecified atom stereocenters. The van der Waals surface area contributed by atoms with Crippen LogP contribution in [0.15, 0.2) is 40.9 Å². The van der Waals surface area contributed by atoms with Crippen LogP contribution in [-0.2, 0) is 20.7 Å². The number of hydrogen-bond donors (Lipinski definition) is 0. The molecule has 1 aliphatic rings. The van der Waals surface area contributed by atoms with Crippen molar-refractivity contribution in [1.29, 1.82) is 0 Å². The third kappa shape index (κ3) is 5.07. The smallest absolute Gasteiger partial charge is 0.303 e. The molecular weight excluding hydrogens is 476 g/mol. The summed E-state index contributed by atoms with van der Waals surface area (Å²) in [5.74, 6) is 0.265. The molecule has 32 heavy (non-hydrogen) atoms. The van der Waals surface area contributed by atoms with Gasteiger partial charge in [0.25, 0.3) is 5.91 Å². The Balaban J connectivity index is 2.18. The SMILES string of the molecule is COc1ccc([C@@H]2Cc3c(ccc(Br)c3OC)N(CCN(C)C)C(=O)[C@@H]2OC(C)=O)cc1. The van der Waals surface area contributed by atoms with Crippen molar-refractivity contribution in [2.24, 2.45) is 0 Å². The van der Waals surface area contributed by atoms with Gasteiger partial charge in [0.15, 0.2) is 6.10 Å². The van der Waals surface area contributed by atoms with Crippen LogP contribution >= 0.6 is 15.9 Å². The summed E-state index contributed by atoms with van der Waals surface area (Å²) in [4.78, 5) is 29.5. The number of methoxy groups -OCH3 is 2. The fourth-order valence-electron chi connectivity index (χ4n) is 4.02. The maximum absolute atomic E-state index is 13.8. The second kappa shape index (κ2) is 10.4. The number of nitrogens with zero attached hydrogens (tertiary/aromatic N) is 2. The minimum atomic E-state index is -0.959. The maximum Gasteiger partial charge on any atom is 0.303 e. The van der Waals surface area contributed by atoms with Gasteiger partial charge in [0, 0.05) is 31.5 Å². The summed E-state index contributed by atoms with van der Waals surface area (Å²) in [5, 5.41) is 0. The van der Waals surface area contributed by atoms with Crippen molar-refractivity contribution in [1.82, 2.24) is 4.90 Å². The normalized spacial score (nSPS) is 18.2. The van der Waals surface area contributed by atoms with E-state index in [1.807, 2.05) is 55.4 Å². The first kappa shape index (κ1) is 24.1. The van der Waals surface area contributed by atoms with E-state index < -0.39 is 12.1 Å². The molecule has 2 aromatic carbocycles. The molecule has 0 aromatic heterocycles. The van der Waals surface area contributed by atoms with E-state index in [9.17, 15) is 9.59 Å². The third-order valence-electron chi connectivity index (χ3n) is 5.59. The van der Waals surface area contributed by atoms with Crippen molar-refractivity contribution >= 4 is 33.5 Å². The highest BCUT2D eigenvalue weighted by atomic mass is 79.9. The quantitative estimate of drug-likeness (QED) is 0.536. The molecule has 0 bridgehead atoms. The highest BCUT2D eigenvalue weighted by Gasteiger charge is 2.41. The van der Waals surface area contributed by atoms with Crippen molar-refractivity contribution in [3.8, 4) is 11.5 Å². The van der Waals surface area contributed by atoms with Crippen LogP contribution in [0.25, 0.3) is 0 Å². The van der Waals surface area contributed by atoms with Crippen LogP contribution in [0.4, 0.5) is 5.69 Å². The van der Waals surface area contributed by atoms with E-state index in [0.29, 0.717) is 31.0 Å². The Morgan fingerprint density at radius 1 is 1.12 bits per heavy atom. The maximum atomic E-state index is 13.8. The number of rotatable bonds is 7. The molecule has 2 aromatic rings. The molecular formula is C24H29BrN2O5. The first-order valence-corrected chi connectivity index (χ1v) is 11.2. The van der Waals surface area contributed by atoms with E-state index in [2.05, 4.69) is 15.9 Å². The summed E-state index contributed by atoms with van der Waals surface area (Å²) >= 11 is 3.57. The Morgan fingerprint density at radius 2 is 1.81 bits per heavy atom. The minimum Gasteiger partial charge on any atom is -0.497 e. The monoisotopic (exact) mass is 504 g/mol. The van der Waals surface area contributed by atoms with Gasteiger partial charge in [-0.3, -0.25) is 9.59 Å². The molecule has 2 atom stereocenters.